The minimum absolute atomic E-state index is 0.0672. The van der Waals surface area contributed by atoms with Gasteiger partial charge in [-0.25, -0.2) is 4.79 Å². The van der Waals surface area contributed by atoms with Gasteiger partial charge in [-0.15, -0.1) is 0 Å². The van der Waals surface area contributed by atoms with Crippen LogP contribution in [0.5, 0.6) is 0 Å². The third-order valence-electron chi connectivity index (χ3n) is 5.77. The van der Waals surface area contributed by atoms with Crippen molar-refractivity contribution in [2.24, 2.45) is 5.41 Å². The number of esters is 1. The molecule has 28 heavy (non-hydrogen) atoms. The number of hydrogen-bond acceptors (Lipinski definition) is 5. The first-order chi connectivity index (χ1) is 13.2. The van der Waals surface area contributed by atoms with E-state index >= 15 is 0 Å². The van der Waals surface area contributed by atoms with Gasteiger partial charge < -0.3 is 14.1 Å². The van der Waals surface area contributed by atoms with Gasteiger partial charge in [-0.1, -0.05) is 32.4 Å². The van der Waals surface area contributed by atoms with E-state index < -0.39 is 5.97 Å². The number of benzene rings is 1. The van der Waals surface area contributed by atoms with E-state index in [0.717, 1.165) is 17.4 Å². The fourth-order valence-corrected chi connectivity index (χ4v) is 4.67. The predicted molar refractivity (Wildman–Crippen MR) is 107 cm³/mol. The molecule has 3 heterocycles. The van der Waals surface area contributed by atoms with Crippen molar-refractivity contribution < 1.29 is 18.7 Å². The number of carbonyl (C=O) groups is 2. The molecular formula is C22H24ClNO4. The van der Waals surface area contributed by atoms with E-state index in [1.807, 2.05) is 12.1 Å². The van der Waals surface area contributed by atoms with Crippen LogP contribution in [0.1, 0.15) is 51.3 Å². The van der Waals surface area contributed by atoms with E-state index in [4.69, 9.17) is 20.8 Å². The van der Waals surface area contributed by atoms with Crippen molar-refractivity contribution in [1.82, 2.24) is 4.90 Å². The molecule has 0 fully saturated rings. The van der Waals surface area contributed by atoms with Gasteiger partial charge >= 0.3 is 5.97 Å². The van der Waals surface area contributed by atoms with Gasteiger partial charge in [-0.05, 0) is 42.0 Å². The molecule has 148 valence electrons. The molecule has 0 N–H and O–H groups in total. The first kappa shape index (κ1) is 19.1. The maximum atomic E-state index is 12.8. The van der Waals surface area contributed by atoms with Gasteiger partial charge in [-0.2, -0.15) is 0 Å². The molecule has 0 bridgehead atoms. The summed E-state index contributed by atoms with van der Waals surface area (Å²) >= 11 is 6.46. The minimum Gasteiger partial charge on any atom is -0.463 e. The van der Waals surface area contributed by atoms with E-state index in [2.05, 4.69) is 25.7 Å². The molecule has 5 nitrogen and oxygen atoms in total. The van der Waals surface area contributed by atoms with Gasteiger partial charge in [0.25, 0.3) is 0 Å². The second-order valence-electron chi connectivity index (χ2n) is 8.53. The second-order valence-corrected chi connectivity index (χ2v) is 8.94. The van der Waals surface area contributed by atoms with Crippen LogP contribution in [0.15, 0.2) is 34.6 Å². The van der Waals surface area contributed by atoms with Crippen LogP contribution in [-0.2, 0) is 20.7 Å². The highest BCUT2D eigenvalue weighted by atomic mass is 35.5. The Hall–Kier alpha value is -2.27. The molecule has 1 aromatic heterocycles. The first-order valence-electron chi connectivity index (χ1n) is 9.60. The monoisotopic (exact) mass is 401 g/mol. The van der Waals surface area contributed by atoms with Crippen LogP contribution in [0.2, 0.25) is 5.02 Å². The zero-order valence-electron chi connectivity index (χ0n) is 16.5. The van der Waals surface area contributed by atoms with Crippen molar-refractivity contribution in [3.8, 4) is 0 Å². The van der Waals surface area contributed by atoms with Crippen LogP contribution in [0.25, 0.3) is 11.0 Å². The molecule has 0 amide bonds. The highest BCUT2D eigenvalue weighted by Gasteiger charge is 2.44. The van der Waals surface area contributed by atoms with Crippen LogP contribution < -0.4 is 0 Å². The molecule has 0 radical (unpaired) electrons. The number of hydrogen-bond donors (Lipinski definition) is 0. The Morgan fingerprint density at radius 3 is 2.79 bits per heavy atom. The highest BCUT2D eigenvalue weighted by molar-refractivity contribution is 6.35. The Labute approximate surface area is 169 Å². The third-order valence-corrected chi connectivity index (χ3v) is 6.05. The zero-order chi connectivity index (χ0) is 20.2. The zero-order valence-corrected chi connectivity index (χ0v) is 17.3. The number of halogens is 1. The number of nitrogens with zero attached hydrogens (tertiary/aromatic N) is 1. The average molecular weight is 402 g/mol. The predicted octanol–water partition coefficient (Wildman–Crippen LogP) is 4.82. The van der Waals surface area contributed by atoms with Crippen molar-refractivity contribution in [2.45, 2.75) is 52.6 Å². The number of rotatable bonds is 2. The van der Waals surface area contributed by atoms with E-state index in [9.17, 15) is 9.59 Å². The van der Waals surface area contributed by atoms with Crippen molar-refractivity contribution >= 4 is 34.3 Å². The molecule has 0 saturated carbocycles. The van der Waals surface area contributed by atoms with E-state index in [1.165, 1.54) is 5.56 Å². The molecule has 2 aliphatic heterocycles. The molecule has 2 atom stereocenters. The van der Waals surface area contributed by atoms with Crippen LogP contribution in [0, 0.1) is 5.41 Å². The molecule has 0 saturated heterocycles. The molecule has 4 rings (SSSR count). The van der Waals surface area contributed by atoms with Crippen molar-refractivity contribution in [3.05, 3.63) is 46.3 Å². The van der Waals surface area contributed by atoms with Crippen LogP contribution in [0.3, 0.4) is 0 Å². The summed E-state index contributed by atoms with van der Waals surface area (Å²) in [6, 6.07) is 3.81. The number of fused-ring (bicyclic) bond motifs is 5. The average Bonchev–Trinajstić information content (AvgIpc) is 3.11. The van der Waals surface area contributed by atoms with E-state index in [0.29, 0.717) is 10.6 Å². The summed E-state index contributed by atoms with van der Waals surface area (Å²) in [5, 5.41) is 1.55. The summed E-state index contributed by atoms with van der Waals surface area (Å²) in [5.74, 6) is -0.739. The van der Waals surface area contributed by atoms with Gasteiger partial charge in [0.05, 0.1) is 23.9 Å². The second kappa shape index (κ2) is 6.66. The lowest BCUT2D eigenvalue weighted by atomic mass is 9.74. The quantitative estimate of drug-likeness (QED) is 0.533. The Morgan fingerprint density at radius 1 is 1.36 bits per heavy atom. The number of furan rings is 1. The summed E-state index contributed by atoms with van der Waals surface area (Å²) in [6.07, 6.45) is 4.37. The number of Topliss-reactive ketones (excluding diaryl/α,β-unsaturated/α-hetero) is 1. The summed E-state index contributed by atoms with van der Waals surface area (Å²) in [7, 11) is 0. The summed E-state index contributed by atoms with van der Waals surface area (Å²) in [6.45, 7) is 8.51. The van der Waals surface area contributed by atoms with Gasteiger partial charge in [0.2, 0.25) is 0 Å². The topological polar surface area (TPSA) is 59.8 Å². The molecule has 2 aromatic rings. The number of ether oxygens (including phenoxy) is 1. The summed E-state index contributed by atoms with van der Waals surface area (Å²) in [5.41, 5.74) is 2.96. The molecule has 0 spiro atoms. The summed E-state index contributed by atoms with van der Waals surface area (Å²) < 4.78 is 10.7. The van der Waals surface area contributed by atoms with Gasteiger partial charge in [-0.3, -0.25) is 4.79 Å². The Kier molecular flexibility index (Phi) is 4.53. The van der Waals surface area contributed by atoms with E-state index in [-0.39, 0.29) is 41.9 Å². The maximum absolute atomic E-state index is 12.8. The Bertz CT molecular complexity index is 998. The highest BCUT2D eigenvalue weighted by Crippen LogP contribution is 2.47. The van der Waals surface area contributed by atoms with Crippen LogP contribution >= 0.6 is 11.6 Å². The lowest BCUT2D eigenvalue weighted by Gasteiger charge is -2.50. The van der Waals surface area contributed by atoms with E-state index in [1.54, 1.807) is 19.4 Å². The SMILES string of the molecule is CCOC(=O)C1=CN2C(CC1=O)c1cc(Cl)c3occc3c1CC2C(C)(C)C. The van der Waals surface area contributed by atoms with Crippen LogP contribution in [0.4, 0.5) is 0 Å². The maximum Gasteiger partial charge on any atom is 0.343 e. The van der Waals surface area contributed by atoms with Crippen molar-refractivity contribution in [2.75, 3.05) is 6.61 Å². The van der Waals surface area contributed by atoms with Gasteiger partial charge in [0.15, 0.2) is 11.4 Å². The smallest absolute Gasteiger partial charge is 0.343 e. The van der Waals surface area contributed by atoms with Gasteiger partial charge in [0, 0.05) is 24.0 Å². The largest absolute Gasteiger partial charge is 0.463 e. The summed E-state index contributed by atoms with van der Waals surface area (Å²) in [4.78, 5) is 27.3. The number of ketones is 1. The van der Waals surface area contributed by atoms with Crippen molar-refractivity contribution in [3.63, 3.8) is 0 Å². The van der Waals surface area contributed by atoms with Gasteiger partial charge in [0.1, 0.15) is 5.57 Å². The lowest BCUT2D eigenvalue weighted by Crippen LogP contribution is -2.50. The minimum atomic E-state index is -0.548. The number of carbonyl (C=O) groups excluding carboxylic acids is 2. The standard InChI is InChI=1S/C22H24ClNO4/c1-5-27-21(26)15-11-24-17(10-18(15)25)14-8-16(23)20-12(6-7-28-20)13(14)9-19(24)22(2,3)4/h6-8,11,17,19H,5,9-10H2,1-4H3. The molecule has 2 aliphatic rings. The fourth-order valence-electron chi connectivity index (χ4n) is 4.41. The first-order valence-corrected chi connectivity index (χ1v) is 9.98. The fraction of sp³-hybridized carbons (Fsp3) is 0.455. The molecular weight excluding hydrogens is 378 g/mol. The lowest BCUT2D eigenvalue weighted by molar-refractivity contribution is -0.140. The molecule has 6 heteroatoms. The molecule has 0 aliphatic carbocycles. The Morgan fingerprint density at radius 2 is 2.11 bits per heavy atom. The molecule has 1 aromatic carbocycles. The van der Waals surface area contributed by atoms with Crippen molar-refractivity contribution in [1.29, 1.82) is 0 Å². The van der Waals surface area contributed by atoms with Crippen LogP contribution in [-0.4, -0.2) is 29.3 Å². The third kappa shape index (κ3) is 2.93. The normalized spacial score (nSPS) is 22.0. The Balaban J connectivity index is 1.89. The molecule has 2 unspecified atom stereocenters.